The Balaban J connectivity index is 1.48. The van der Waals surface area contributed by atoms with Crippen LogP contribution in [0.5, 0.6) is 5.75 Å². The van der Waals surface area contributed by atoms with Crippen LogP contribution in [0.3, 0.4) is 0 Å². The minimum absolute atomic E-state index is 0.00947. The maximum absolute atomic E-state index is 13.1. The van der Waals surface area contributed by atoms with Crippen molar-refractivity contribution in [3.8, 4) is 11.4 Å². The monoisotopic (exact) mass is 377 g/mol. The molecular formula is C21H23N5O2. The van der Waals surface area contributed by atoms with E-state index < -0.39 is 0 Å². The van der Waals surface area contributed by atoms with Crippen molar-refractivity contribution >= 4 is 11.6 Å². The summed E-state index contributed by atoms with van der Waals surface area (Å²) >= 11 is 0. The molecule has 1 amide bonds. The van der Waals surface area contributed by atoms with Crippen molar-refractivity contribution in [2.75, 3.05) is 11.5 Å². The Kier molecular flexibility index (Phi) is 5.61. The number of aromatic nitrogens is 4. The largest absolute Gasteiger partial charge is 0.484 e. The zero-order valence-corrected chi connectivity index (χ0v) is 15.6. The van der Waals surface area contributed by atoms with Gasteiger partial charge in [0.2, 0.25) is 0 Å². The summed E-state index contributed by atoms with van der Waals surface area (Å²) in [6, 6.07) is 17.5. The van der Waals surface area contributed by atoms with Gasteiger partial charge in [0.05, 0.1) is 5.69 Å². The zero-order valence-electron chi connectivity index (χ0n) is 15.6. The number of benzene rings is 2. The first kappa shape index (κ1) is 18.2. The van der Waals surface area contributed by atoms with Crippen LogP contribution in [0, 0.1) is 0 Å². The molecule has 1 aromatic heterocycles. The van der Waals surface area contributed by atoms with E-state index in [1.165, 1.54) is 12.7 Å². The number of tetrazole rings is 1. The Morgan fingerprint density at radius 3 is 2.64 bits per heavy atom. The van der Waals surface area contributed by atoms with E-state index in [9.17, 15) is 4.79 Å². The molecular weight excluding hydrogens is 354 g/mol. The Morgan fingerprint density at radius 1 is 1.07 bits per heavy atom. The van der Waals surface area contributed by atoms with Crippen LogP contribution in [0.1, 0.15) is 32.1 Å². The first-order chi connectivity index (χ1) is 13.8. The molecule has 1 fully saturated rings. The van der Waals surface area contributed by atoms with Crippen LogP contribution in [0.2, 0.25) is 0 Å². The number of nitrogens with zero attached hydrogens (tertiary/aromatic N) is 5. The molecule has 0 bridgehead atoms. The quantitative estimate of drug-likeness (QED) is 0.658. The van der Waals surface area contributed by atoms with Crippen molar-refractivity contribution in [1.82, 2.24) is 20.2 Å². The molecule has 1 aliphatic rings. The molecule has 0 unspecified atom stereocenters. The summed E-state index contributed by atoms with van der Waals surface area (Å²) in [5, 5.41) is 11.2. The third kappa shape index (κ3) is 4.19. The van der Waals surface area contributed by atoms with Gasteiger partial charge >= 0.3 is 0 Å². The van der Waals surface area contributed by atoms with Crippen molar-refractivity contribution in [3.05, 3.63) is 60.9 Å². The molecule has 7 nitrogen and oxygen atoms in total. The highest BCUT2D eigenvalue weighted by Crippen LogP contribution is 2.27. The summed E-state index contributed by atoms with van der Waals surface area (Å²) < 4.78 is 7.38. The number of hydrogen-bond donors (Lipinski definition) is 0. The van der Waals surface area contributed by atoms with E-state index >= 15 is 0 Å². The lowest BCUT2D eigenvalue weighted by molar-refractivity contribution is -0.121. The Morgan fingerprint density at radius 2 is 1.89 bits per heavy atom. The fourth-order valence-electron chi connectivity index (χ4n) is 3.70. The molecule has 4 rings (SSSR count). The summed E-state index contributed by atoms with van der Waals surface area (Å²) in [4.78, 5) is 15.0. The summed E-state index contributed by atoms with van der Waals surface area (Å²) in [7, 11) is 0. The lowest BCUT2D eigenvalue weighted by Gasteiger charge is -2.34. The minimum Gasteiger partial charge on any atom is -0.484 e. The molecule has 0 radical (unpaired) electrons. The maximum Gasteiger partial charge on any atom is 0.265 e. The number of anilines is 1. The van der Waals surface area contributed by atoms with E-state index in [0.29, 0.717) is 5.75 Å². The number of hydrogen-bond acceptors (Lipinski definition) is 5. The fourth-order valence-corrected chi connectivity index (χ4v) is 3.70. The molecule has 0 N–H and O–H groups in total. The Hall–Kier alpha value is -3.22. The molecule has 0 spiro atoms. The third-order valence-corrected chi connectivity index (χ3v) is 5.04. The predicted molar refractivity (Wildman–Crippen MR) is 105 cm³/mol. The van der Waals surface area contributed by atoms with Crippen LogP contribution in [0.4, 0.5) is 5.69 Å². The standard InChI is InChI=1S/C21H23N5O2/c27-21(15-28-20-13-7-12-19(14-20)25-16-22-23-24-25)26(17-8-3-1-4-9-17)18-10-5-2-6-11-18/h1,3-4,7-9,12-14,16,18H,2,5-6,10-11,15H2. The van der Waals surface area contributed by atoms with Gasteiger partial charge in [0.25, 0.3) is 5.91 Å². The fraction of sp³-hybridized carbons (Fsp3) is 0.333. The molecule has 144 valence electrons. The van der Waals surface area contributed by atoms with Crippen molar-refractivity contribution in [3.63, 3.8) is 0 Å². The molecule has 7 heteroatoms. The highest BCUT2D eigenvalue weighted by molar-refractivity contribution is 5.95. The number of carbonyl (C=O) groups is 1. The third-order valence-electron chi connectivity index (χ3n) is 5.04. The SMILES string of the molecule is O=C(COc1cccc(-n2cnnn2)c1)N(c1ccccc1)C1CCCCC1. The average Bonchev–Trinajstić information content (AvgIpc) is 3.29. The first-order valence-corrected chi connectivity index (χ1v) is 9.64. The van der Waals surface area contributed by atoms with E-state index in [2.05, 4.69) is 15.5 Å². The van der Waals surface area contributed by atoms with Crippen LogP contribution >= 0.6 is 0 Å². The normalized spacial score (nSPS) is 14.6. The molecule has 2 aromatic carbocycles. The first-order valence-electron chi connectivity index (χ1n) is 9.64. The van der Waals surface area contributed by atoms with Crippen LogP contribution < -0.4 is 9.64 Å². The lowest BCUT2D eigenvalue weighted by Crippen LogP contribution is -2.44. The second-order valence-electron chi connectivity index (χ2n) is 6.93. The van der Waals surface area contributed by atoms with E-state index in [1.54, 1.807) is 4.68 Å². The van der Waals surface area contributed by atoms with Gasteiger partial charge in [0.15, 0.2) is 6.61 Å². The zero-order chi connectivity index (χ0) is 19.2. The van der Waals surface area contributed by atoms with Crippen molar-refractivity contribution in [1.29, 1.82) is 0 Å². The highest BCUT2D eigenvalue weighted by Gasteiger charge is 2.27. The number of carbonyl (C=O) groups excluding carboxylic acids is 1. The van der Waals surface area contributed by atoms with E-state index in [1.807, 2.05) is 59.5 Å². The van der Waals surface area contributed by atoms with E-state index in [-0.39, 0.29) is 18.6 Å². The number of ether oxygens (including phenoxy) is 1. The van der Waals surface area contributed by atoms with Gasteiger partial charge in [0.1, 0.15) is 12.1 Å². The topological polar surface area (TPSA) is 73.1 Å². The molecule has 0 saturated heterocycles. The van der Waals surface area contributed by atoms with Gasteiger partial charge in [-0.2, -0.15) is 0 Å². The Bertz CT molecular complexity index is 892. The smallest absolute Gasteiger partial charge is 0.265 e. The number of para-hydroxylation sites is 1. The van der Waals surface area contributed by atoms with Gasteiger partial charge in [-0.05, 0) is 47.5 Å². The van der Waals surface area contributed by atoms with Gasteiger partial charge in [-0.3, -0.25) is 4.79 Å². The van der Waals surface area contributed by atoms with Crippen LogP contribution in [0.15, 0.2) is 60.9 Å². The second kappa shape index (κ2) is 8.65. The number of rotatable bonds is 6. The van der Waals surface area contributed by atoms with Gasteiger partial charge < -0.3 is 9.64 Å². The van der Waals surface area contributed by atoms with Gasteiger partial charge in [-0.25, -0.2) is 4.68 Å². The molecule has 28 heavy (non-hydrogen) atoms. The van der Waals surface area contributed by atoms with Gasteiger partial charge in [0, 0.05) is 17.8 Å². The van der Waals surface area contributed by atoms with Crippen molar-refractivity contribution < 1.29 is 9.53 Å². The number of amides is 1. The van der Waals surface area contributed by atoms with Crippen molar-refractivity contribution in [2.45, 2.75) is 38.1 Å². The molecule has 1 saturated carbocycles. The van der Waals surface area contributed by atoms with Crippen molar-refractivity contribution in [2.24, 2.45) is 0 Å². The second-order valence-corrected chi connectivity index (χ2v) is 6.93. The minimum atomic E-state index is -0.0223. The highest BCUT2D eigenvalue weighted by atomic mass is 16.5. The molecule has 0 atom stereocenters. The van der Waals surface area contributed by atoms with Crippen LogP contribution in [0.25, 0.3) is 5.69 Å². The van der Waals surface area contributed by atoms with E-state index in [0.717, 1.165) is 37.1 Å². The summed E-state index contributed by atoms with van der Waals surface area (Å²) in [6.45, 7) is -0.00947. The van der Waals surface area contributed by atoms with Crippen LogP contribution in [-0.2, 0) is 4.79 Å². The van der Waals surface area contributed by atoms with Gasteiger partial charge in [-0.15, -0.1) is 5.10 Å². The summed E-state index contributed by atoms with van der Waals surface area (Å²) in [6.07, 6.45) is 7.16. The van der Waals surface area contributed by atoms with Crippen LogP contribution in [-0.4, -0.2) is 38.8 Å². The summed E-state index contributed by atoms with van der Waals surface area (Å²) in [5.74, 6) is 0.587. The lowest BCUT2D eigenvalue weighted by atomic mass is 9.93. The molecule has 0 aliphatic heterocycles. The molecule has 1 aliphatic carbocycles. The Labute approximate surface area is 163 Å². The van der Waals surface area contributed by atoms with Gasteiger partial charge in [-0.1, -0.05) is 43.5 Å². The van der Waals surface area contributed by atoms with E-state index in [4.69, 9.17) is 4.74 Å². The predicted octanol–water partition coefficient (Wildman–Crippen LogP) is 3.41. The molecule has 3 aromatic rings. The average molecular weight is 377 g/mol. The molecule has 1 heterocycles. The summed E-state index contributed by atoms with van der Waals surface area (Å²) in [5.41, 5.74) is 1.72. The maximum atomic E-state index is 13.1.